The van der Waals surface area contributed by atoms with Gasteiger partial charge in [-0.05, 0) is 20.3 Å². The average Bonchev–Trinajstić information content (AvgIpc) is 2.81. The van der Waals surface area contributed by atoms with Crippen molar-refractivity contribution in [2.45, 2.75) is 32.3 Å². The maximum absolute atomic E-state index is 11.6. The second kappa shape index (κ2) is 2.64. The Balaban J connectivity index is 2.20. The summed E-state index contributed by atoms with van der Waals surface area (Å²) in [5, 5.41) is 0. The SMILES string of the molecule is CCO[C@@]1(C)C(=O)CC(=O)[C@@H]2C[C@@H]21. The Labute approximate surface area is 77.4 Å². The molecule has 3 nitrogen and oxygen atoms in total. The van der Waals surface area contributed by atoms with E-state index in [1.54, 1.807) is 0 Å². The normalized spacial score (nSPS) is 43.2. The Kier molecular flexibility index (Phi) is 1.80. The van der Waals surface area contributed by atoms with Crippen molar-refractivity contribution in [3.63, 3.8) is 0 Å². The molecular weight excluding hydrogens is 168 g/mol. The van der Waals surface area contributed by atoms with Gasteiger partial charge in [-0.25, -0.2) is 0 Å². The fourth-order valence-corrected chi connectivity index (χ4v) is 2.32. The quantitative estimate of drug-likeness (QED) is 0.597. The van der Waals surface area contributed by atoms with Crippen LogP contribution in [0.4, 0.5) is 0 Å². The van der Waals surface area contributed by atoms with E-state index >= 15 is 0 Å². The molecule has 3 atom stereocenters. The van der Waals surface area contributed by atoms with Crippen LogP contribution in [0.25, 0.3) is 0 Å². The van der Waals surface area contributed by atoms with Gasteiger partial charge in [0.15, 0.2) is 5.78 Å². The molecule has 0 heterocycles. The van der Waals surface area contributed by atoms with E-state index in [4.69, 9.17) is 4.74 Å². The number of carbonyl (C=O) groups excluding carboxylic acids is 2. The van der Waals surface area contributed by atoms with Gasteiger partial charge in [-0.3, -0.25) is 9.59 Å². The zero-order valence-corrected chi connectivity index (χ0v) is 8.00. The van der Waals surface area contributed by atoms with Gasteiger partial charge in [0.05, 0.1) is 6.42 Å². The van der Waals surface area contributed by atoms with Crippen LogP contribution in [0, 0.1) is 11.8 Å². The van der Waals surface area contributed by atoms with Crippen LogP contribution in [0.2, 0.25) is 0 Å². The second-order valence-corrected chi connectivity index (χ2v) is 4.06. The predicted molar refractivity (Wildman–Crippen MR) is 46.3 cm³/mol. The molecular formula is C10H14O3. The van der Waals surface area contributed by atoms with E-state index in [1.807, 2.05) is 13.8 Å². The number of carbonyl (C=O) groups is 2. The molecule has 0 aliphatic heterocycles. The van der Waals surface area contributed by atoms with Gasteiger partial charge in [0.25, 0.3) is 0 Å². The molecule has 2 aliphatic carbocycles. The van der Waals surface area contributed by atoms with Crippen LogP contribution in [-0.4, -0.2) is 23.8 Å². The molecule has 0 bridgehead atoms. The molecule has 2 fully saturated rings. The monoisotopic (exact) mass is 182 g/mol. The van der Waals surface area contributed by atoms with Gasteiger partial charge in [-0.2, -0.15) is 0 Å². The first-order chi connectivity index (χ1) is 6.09. The van der Waals surface area contributed by atoms with E-state index in [-0.39, 0.29) is 29.8 Å². The first kappa shape index (κ1) is 8.88. The molecule has 0 saturated heterocycles. The second-order valence-electron chi connectivity index (χ2n) is 4.06. The van der Waals surface area contributed by atoms with Crippen molar-refractivity contribution in [1.82, 2.24) is 0 Å². The summed E-state index contributed by atoms with van der Waals surface area (Å²) in [5.74, 6) is 0.376. The third kappa shape index (κ3) is 1.14. The number of Topliss-reactive ketones (excluding diaryl/α,β-unsaturated/α-hetero) is 2. The van der Waals surface area contributed by atoms with E-state index < -0.39 is 5.60 Å². The molecule has 0 spiro atoms. The largest absolute Gasteiger partial charge is 0.367 e. The fourth-order valence-electron chi connectivity index (χ4n) is 2.32. The summed E-state index contributed by atoms with van der Waals surface area (Å²) in [6.07, 6.45) is 0.929. The number of rotatable bonds is 2. The van der Waals surface area contributed by atoms with Crippen molar-refractivity contribution in [3.05, 3.63) is 0 Å². The number of hydrogen-bond donors (Lipinski definition) is 0. The molecule has 2 saturated carbocycles. The molecule has 0 unspecified atom stereocenters. The topological polar surface area (TPSA) is 43.4 Å². The molecule has 0 radical (unpaired) electrons. The molecule has 0 aromatic heterocycles. The molecule has 72 valence electrons. The third-order valence-electron chi connectivity index (χ3n) is 3.24. The molecule has 3 heteroatoms. The van der Waals surface area contributed by atoms with Crippen molar-refractivity contribution >= 4 is 11.6 Å². The number of fused-ring (bicyclic) bond motifs is 1. The summed E-state index contributed by atoms with van der Waals surface area (Å²) < 4.78 is 5.48. The fraction of sp³-hybridized carbons (Fsp3) is 0.800. The molecule has 0 amide bonds. The summed E-state index contributed by atoms with van der Waals surface area (Å²) in [4.78, 5) is 22.9. The Morgan fingerprint density at radius 2 is 2.23 bits per heavy atom. The molecule has 2 rings (SSSR count). The van der Waals surface area contributed by atoms with E-state index in [0.717, 1.165) is 6.42 Å². The molecule has 0 aromatic rings. The number of hydrogen-bond acceptors (Lipinski definition) is 3. The summed E-state index contributed by atoms with van der Waals surface area (Å²) >= 11 is 0. The number of ether oxygens (including phenoxy) is 1. The van der Waals surface area contributed by atoms with Crippen molar-refractivity contribution in [2.24, 2.45) is 11.8 Å². The molecule has 2 aliphatic rings. The van der Waals surface area contributed by atoms with Crippen LogP contribution < -0.4 is 0 Å². The zero-order valence-electron chi connectivity index (χ0n) is 8.00. The van der Waals surface area contributed by atoms with Crippen LogP contribution >= 0.6 is 0 Å². The van der Waals surface area contributed by atoms with Gasteiger partial charge < -0.3 is 4.74 Å². The standard InChI is InChI=1S/C10H14O3/c1-3-13-10(2)7-4-6(7)8(11)5-9(10)12/h6-7H,3-5H2,1-2H3/t6-,7+,10-/m1/s1. The van der Waals surface area contributed by atoms with E-state index in [2.05, 4.69) is 0 Å². The van der Waals surface area contributed by atoms with E-state index in [1.165, 1.54) is 0 Å². The summed E-state index contributed by atoms with van der Waals surface area (Å²) in [6.45, 7) is 4.25. The minimum atomic E-state index is -0.659. The molecule has 13 heavy (non-hydrogen) atoms. The predicted octanol–water partition coefficient (Wildman–Crippen LogP) is 0.960. The minimum absolute atomic E-state index is 0.0295. The summed E-state index contributed by atoms with van der Waals surface area (Å²) in [7, 11) is 0. The molecule has 0 aromatic carbocycles. The van der Waals surface area contributed by atoms with Crippen molar-refractivity contribution < 1.29 is 14.3 Å². The van der Waals surface area contributed by atoms with Crippen molar-refractivity contribution in [3.8, 4) is 0 Å². The summed E-state index contributed by atoms with van der Waals surface area (Å²) in [5.41, 5.74) is -0.659. The lowest BCUT2D eigenvalue weighted by molar-refractivity contribution is -0.152. The highest BCUT2D eigenvalue weighted by atomic mass is 16.5. The first-order valence-electron chi connectivity index (χ1n) is 4.79. The minimum Gasteiger partial charge on any atom is -0.367 e. The van der Waals surface area contributed by atoms with Gasteiger partial charge in [-0.1, -0.05) is 0 Å². The lowest BCUT2D eigenvalue weighted by atomic mass is 9.84. The zero-order chi connectivity index (χ0) is 9.64. The van der Waals surface area contributed by atoms with Crippen LogP contribution in [-0.2, 0) is 14.3 Å². The smallest absolute Gasteiger partial charge is 0.171 e. The maximum Gasteiger partial charge on any atom is 0.171 e. The Morgan fingerprint density at radius 1 is 1.54 bits per heavy atom. The Hall–Kier alpha value is -0.700. The van der Waals surface area contributed by atoms with Gasteiger partial charge in [0.2, 0.25) is 0 Å². The van der Waals surface area contributed by atoms with Crippen LogP contribution in [0.1, 0.15) is 26.7 Å². The van der Waals surface area contributed by atoms with E-state index in [9.17, 15) is 9.59 Å². The van der Waals surface area contributed by atoms with Gasteiger partial charge in [-0.15, -0.1) is 0 Å². The lowest BCUT2D eigenvalue weighted by Gasteiger charge is -2.31. The van der Waals surface area contributed by atoms with Crippen LogP contribution in [0.5, 0.6) is 0 Å². The molecule has 0 N–H and O–H groups in total. The lowest BCUT2D eigenvalue weighted by Crippen LogP contribution is -2.46. The Bertz CT molecular complexity index is 271. The first-order valence-corrected chi connectivity index (χ1v) is 4.79. The highest BCUT2D eigenvalue weighted by molar-refractivity contribution is 6.08. The van der Waals surface area contributed by atoms with E-state index in [0.29, 0.717) is 6.61 Å². The van der Waals surface area contributed by atoms with Gasteiger partial charge >= 0.3 is 0 Å². The van der Waals surface area contributed by atoms with Gasteiger partial charge in [0, 0.05) is 18.4 Å². The van der Waals surface area contributed by atoms with Crippen molar-refractivity contribution in [1.29, 1.82) is 0 Å². The average molecular weight is 182 g/mol. The highest BCUT2D eigenvalue weighted by Crippen LogP contribution is 2.53. The summed E-state index contributed by atoms with van der Waals surface area (Å²) in [6, 6.07) is 0. The number of ketones is 2. The third-order valence-corrected chi connectivity index (χ3v) is 3.24. The van der Waals surface area contributed by atoms with Crippen LogP contribution in [0.15, 0.2) is 0 Å². The maximum atomic E-state index is 11.6. The van der Waals surface area contributed by atoms with Gasteiger partial charge in [0.1, 0.15) is 11.4 Å². The highest BCUT2D eigenvalue weighted by Gasteiger charge is 2.61. The Morgan fingerprint density at radius 3 is 2.85 bits per heavy atom. The van der Waals surface area contributed by atoms with Crippen LogP contribution in [0.3, 0.4) is 0 Å². The van der Waals surface area contributed by atoms with Crippen molar-refractivity contribution in [2.75, 3.05) is 6.61 Å².